The normalized spacial score (nSPS) is 11.2. The Morgan fingerprint density at radius 3 is 2.68 bits per heavy atom. The summed E-state index contributed by atoms with van der Waals surface area (Å²) in [6, 6.07) is 6.85. The van der Waals surface area contributed by atoms with Crippen molar-refractivity contribution in [2.24, 2.45) is 5.92 Å². The monoisotopic (exact) mass is 378 g/mol. The number of aromatic nitrogens is 4. The van der Waals surface area contributed by atoms with Crippen molar-refractivity contribution in [2.45, 2.75) is 27.0 Å². The van der Waals surface area contributed by atoms with E-state index in [0.717, 1.165) is 11.5 Å². The Labute approximate surface area is 152 Å². The van der Waals surface area contributed by atoms with Crippen LogP contribution in [0, 0.1) is 5.92 Å². The average Bonchev–Trinajstić information content (AvgIpc) is 3.00. The number of rotatable bonds is 5. The number of hydrogen-bond donors (Lipinski definition) is 0. The van der Waals surface area contributed by atoms with Gasteiger partial charge in [0.05, 0.1) is 5.39 Å². The zero-order valence-electron chi connectivity index (χ0n) is 13.6. The predicted molar refractivity (Wildman–Crippen MR) is 94.9 cm³/mol. The number of carbonyl (C=O) groups is 1. The highest BCUT2D eigenvalue weighted by atomic mass is 35.5. The minimum absolute atomic E-state index is 0.0927. The van der Waals surface area contributed by atoms with Gasteiger partial charge in [0.25, 0.3) is 5.56 Å². The molecule has 0 spiro atoms. The van der Waals surface area contributed by atoms with Crippen LogP contribution in [0.4, 0.5) is 0 Å². The summed E-state index contributed by atoms with van der Waals surface area (Å²) in [6.45, 7) is 4.25. The number of fused-ring (bicyclic) bond motifs is 1. The van der Waals surface area contributed by atoms with Gasteiger partial charge in [0.2, 0.25) is 0 Å². The first kappa shape index (κ1) is 17.5. The fourth-order valence-electron chi connectivity index (χ4n) is 2.34. The van der Waals surface area contributed by atoms with E-state index in [1.807, 2.05) is 13.8 Å². The van der Waals surface area contributed by atoms with E-state index < -0.39 is 5.97 Å². The molecule has 3 rings (SSSR count). The summed E-state index contributed by atoms with van der Waals surface area (Å²) in [5, 5.41) is 8.91. The van der Waals surface area contributed by atoms with Crippen molar-refractivity contribution in [1.82, 2.24) is 19.4 Å². The highest BCUT2D eigenvalue weighted by Gasteiger charge is 2.19. The Hall–Kier alpha value is -2.32. The number of halogens is 1. The van der Waals surface area contributed by atoms with Crippen LogP contribution in [0.25, 0.3) is 10.8 Å². The van der Waals surface area contributed by atoms with E-state index in [4.69, 9.17) is 16.3 Å². The Kier molecular flexibility index (Phi) is 5.10. The standard InChI is InChI=1S/C16H15ClN4O3S/c1-9(2)7-21-15(22)11-6-4-3-5-10(11)13(19-21)16(23)24-8-12-14(17)25-20-18-12/h3-6,9H,7-8H2,1-2H3. The molecular formula is C16H15ClN4O3S. The fraction of sp³-hybridized carbons (Fsp3) is 0.312. The second-order valence-electron chi connectivity index (χ2n) is 5.84. The molecule has 0 saturated heterocycles. The molecule has 0 fully saturated rings. The van der Waals surface area contributed by atoms with Crippen molar-refractivity contribution in [2.75, 3.05) is 0 Å². The molecule has 130 valence electrons. The van der Waals surface area contributed by atoms with Crippen LogP contribution in [0.15, 0.2) is 29.1 Å². The summed E-state index contributed by atoms with van der Waals surface area (Å²) >= 11 is 6.93. The van der Waals surface area contributed by atoms with Gasteiger partial charge in [0.1, 0.15) is 16.6 Å². The summed E-state index contributed by atoms with van der Waals surface area (Å²) in [7, 11) is 0. The maximum atomic E-state index is 12.5. The molecule has 7 nitrogen and oxygen atoms in total. The Balaban J connectivity index is 1.99. The smallest absolute Gasteiger partial charge is 0.359 e. The molecule has 0 aliphatic carbocycles. The molecule has 1 aromatic carbocycles. The van der Waals surface area contributed by atoms with Crippen LogP contribution < -0.4 is 5.56 Å². The van der Waals surface area contributed by atoms with E-state index in [2.05, 4.69) is 14.7 Å². The van der Waals surface area contributed by atoms with E-state index in [1.54, 1.807) is 24.3 Å². The van der Waals surface area contributed by atoms with Gasteiger partial charge in [0, 0.05) is 23.5 Å². The highest BCUT2D eigenvalue weighted by molar-refractivity contribution is 7.10. The van der Waals surface area contributed by atoms with Crippen molar-refractivity contribution in [3.63, 3.8) is 0 Å². The van der Waals surface area contributed by atoms with E-state index in [9.17, 15) is 9.59 Å². The lowest BCUT2D eigenvalue weighted by molar-refractivity contribution is 0.0460. The topological polar surface area (TPSA) is 87.0 Å². The lowest BCUT2D eigenvalue weighted by Crippen LogP contribution is -2.28. The summed E-state index contributed by atoms with van der Waals surface area (Å²) < 4.78 is 10.6. The SMILES string of the molecule is CC(C)Cn1nc(C(=O)OCc2nnsc2Cl)c2ccccc2c1=O. The summed E-state index contributed by atoms with van der Waals surface area (Å²) in [5.41, 5.74) is 0.252. The van der Waals surface area contributed by atoms with E-state index in [0.29, 0.717) is 27.3 Å². The van der Waals surface area contributed by atoms with Crippen LogP contribution in [-0.2, 0) is 17.9 Å². The van der Waals surface area contributed by atoms with E-state index in [-0.39, 0.29) is 23.8 Å². The van der Waals surface area contributed by atoms with E-state index >= 15 is 0 Å². The average molecular weight is 379 g/mol. The molecule has 9 heteroatoms. The van der Waals surface area contributed by atoms with Crippen LogP contribution in [-0.4, -0.2) is 25.3 Å². The van der Waals surface area contributed by atoms with Gasteiger partial charge in [-0.3, -0.25) is 4.79 Å². The fourth-order valence-corrected chi connectivity index (χ4v) is 2.94. The van der Waals surface area contributed by atoms with Crippen LogP contribution in [0.3, 0.4) is 0 Å². The number of ether oxygens (including phenoxy) is 1. The van der Waals surface area contributed by atoms with Gasteiger partial charge in [-0.2, -0.15) is 5.10 Å². The molecule has 2 heterocycles. The molecule has 0 aliphatic rings. The minimum atomic E-state index is -0.641. The van der Waals surface area contributed by atoms with Crippen molar-refractivity contribution < 1.29 is 9.53 Å². The molecule has 0 N–H and O–H groups in total. The molecule has 0 radical (unpaired) electrons. The second kappa shape index (κ2) is 7.28. The molecule has 2 aromatic heterocycles. The molecule has 0 aliphatic heterocycles. The minimum Gasteiger partial charge on any atom is -0.454 e. The van der Waals surface area contributed by atoms with Crippen LogP contribution in [0.5, 0.6) is 0 Å². The van der Waals surface area contributed by atoms with Crippen LogP contribution in [0.1, 0.15) is 30.0 Å². The molecule has 0 amide bonds. The number of benzene rings is 1. The molecule has 0 atom stereocenters. The van der Waals surface area contributed by atoms with Crippen LogP contribution >= 0.6 is 23.1 Å². The van der Waals surface area contributed by atoms with Crippen molar-refractivity contribution >= 4 is 39.9 Å². The van der Waals surface area contributed by atoms with Gasteiger partial charge < -0.3 is 4.74 Å². The molecule has 25 heavy (non-hydrogen) atoms. The number of carbonyl (C=O) groups excluding carboxylic acids is 1. The van der Waals surface area contributed by atoms with E-state index in [1.165, 1.54) is 4.68 Å². The van der Waals surface area contributed by atoms with Crippen molar-refractivity contribution in [3.05, 3.63) is 50.3 Å². The van der Waals surface area contributed by atoms with Crippen molar-refractivity contribution in [1.29, 1.82) is 0 Å². The van der Waals surface area contributed by atoms with Gasteiger partial charge in [0.15, 0.2) is 5.69 Å². The maximum Gasteiger partial charge on any atom is 0.359 e. The molecule has 0 saturated carbocycles. The first-order chi connectivity index (χ1) is 12.0. The molecular weight excluding hydrogens is 364 g/mol. The largest absolute Gasteiger partial charge is 0.454 e. The lowest BCUT2D eigenvalue weighted by atomic mass is 10.1. The third kappa shape index (κ3) is 3.69. The van der Waals surface area contributed by atoms with Crippen LogP contribution in [0.2, 0.25) is 4.34 Å². The van der Waals surface area contributed by atoms with Gasteiger partial charge in [-0.15, -0.1) is 5.10 Å². The first-order valence-corrected chi connectivity index (χ1v) is 8.76. The second-order valence-corrected chi connectivity index (χ2v) is 7.20. The lowest BCUT2D eigenvalue weighted by Gasteiger charge is -2.12. The van der Waals surface area contributed by atoms with Crippen molar-refractivity contribution in [3.8, 4) is 0 Å². The number of nitrogens with zero attached hydrogens (tertiary/aromatic N) is 4. The summed E-state index contributed by atoms with van der Waals surface area (Å²) in [5.74, 6) is -0.437. The van der Waals surface area contributed by atoms with Gasteiger partial charge in [-0.1, -0.05) is 48.1 Å². The highest BCUT2D eigenvalue weighted by Crippen LogP contribution is 2.19. The Morgan fingerprint density at radius 1 is 1.32 bits per heavy atom. The van der Waals surface area contributed by atoms with Gasteiger partial charge in [-0.05, 0) is 12.0 Å². The number of hydrogen-bond acceptors (Lipinski definition) is 7. The number of esters is 1. The Morgan fingerprint density at radius 2 is 2.04 bits per heavy atom. The molecule has 0 unspecified atom stereocenters. The zero-order chi connectivity index (χ0) is 18.0. The zero-order valence-corrected chi connectivity index (χ0v) is 15.2. The summed E-state index contributed by atoms with van der Waals surface area (Å²) in [6.07, 6.45) is 0. The molecule has 3 aromatic rings. The molecule has 0 bridgehead atoms. The Bertz CT molecular complexity index is 983. The van der Waals surface area contributed by atoms with Gasteiger partial charge in [-0.25, -0.2) is 9.48 Å². The maximum absolute atomic E-state index is 12.5. The summed E-state index contributed by atoms with van der Waals surface area (Å²) in [4.78, 5) is 25.1. The predicted octanol–water partition coefficient (Wildman–Crippen LogP) is 2.91. The third-order valence-corrected chi connectivity index (χ3v) is 4.43. The van der Waals surface area contributed by atoms with Gasteiger partial charge >= 0.3 is 5.97 Å². The quantitative estimate of drug-likeness (QED) is 0.634. The third-order valence-electron chi connectivity index (χ3n) is 3.45. The first-order valence-electron chi connectivity index (χ1n) is 7.61.